The monoisotopic (exact) mass is 285 g/mol. The van der Waals surface area contributed by atoms with Gasteiger partial charge in [-0.15, -0.1) is 0 Å². The summed E-state index contributed by atoms with van der Waals surface area (Å²) in [6, 6.07) is -0.565. The summed E-state index contributed by atoms with van der Waals surface area (Å²) < 4.78 is 0. The molecule has 0 aromatic carbocycles. The van der Waals surface area contributed by atoms with Crippen LogP contribution in [-0.4, -0.2) is 64.4 Å². The first-order valence-electron chi connectivity index (χ1n) is 6.41. The number of nitrogens with zero attached hydrogens (tertiary/aromatic N) is 2. The van der Waals surface area contributed by atoms with E-state index in [9.17, 15) is 19.2 Å². The van der Waals surface area contributed by atoms with Gasteiger partial charge in [0.05, 0.1) is 0 Å². The molecule has 1 fully saturated rings. The lowest BCUT2D eigenvalue weighted by Crippen LogP contribution is -2.57. The van der Waals surface area contributed by atoms with Crippen LogP contribution in [0.15, 0.2) is 0 Å². The maximum atomic E-state index is 12.3. The number of aliphatic carboxylic acids is 1. The minimum atomic E-state index is -0.923. The zero-order valence-corrected chi connectivity index (χ0v) is 11.6. The number of carboxylic acids is 1. The largest absolute Gasteiger partial charge is 0.481 e. The van der Waals surface area contributed by atoms with Crippen LogP contribution in [0.25, 0.3) is 0 Å². The van der Waals surface area contributed by atoms with Crippen LogP contribution < -0.4 is 5.32 Å². The van der Waals surface area contributed by atoms with Crippen molar-refractivity contribution in [2.75, 3.05) is 19.6 Å². The number of hydrogen-bond acceptors (Lipinski definition) is 4. The second-order valence-electron chi connectivity index (χ2n) is 4.89. The van der Waals surface area contributed by atoms with Crippen LogP contribution in [0.5, 0.6) is 0 Å². The Balaban J connectivity index is 2.65. The highest BCUT2D eigenvalue weighted by molar-refractivity contribution is 6.02. The fourth-order valence-electron chi connectivity index (χ4n) is 1.93. The highest BCUT2D eigenvalue weighted by Crippen LogP contribution is 2.08. The van der Waals surface area contributed by atoms with Crippen molar-refractivity contribution in [1.29, 1.82) is 0 Å². The van der Waals surface area contributed by atoms with E-state index in [-0.39, 0.29) is 32.1 Å². The number of imide groups is 1. The number of amides is 4. The normalized spacial score (nSPS) is 15.2. The maximum Gasteiger partial charge on any atom is 0.321 e. The van der Waals surface area contributed by atoms with E-state index in [0.717, 1.165) is 0 Å². The third-order valence-corrected chi connectivity index (χ3v) is 2.88. The van der Waals surface area contributed by atoms with Gasteiger partial charge < -0.3 is 14.9 Å². The quantitative estimate of drug-likeness (QED) is 0.671. The second-order valence-corrected chi connectivity index (χ2v) is 4.89. The third kappa shape index (κ3) is 4.52. The fraction of sp³-hybridized carbons (Fsp3) is 0.667. The molecule has 0 atom stereocenters. The smallest absolute Gasteiger partial charge is 0.321 e. The highest BCUT2D eigenvalue weighted by atomic mass is 16.4. The van der Waals surface area contributed by atoms with Gasteiger partial charge in [-0.3, -0.25) is 19.7 Å². The predicted molar refractivity (Wildman–Crippen MR) is 68.8 cm³/mol. The van der Waals surface area contributed by atoms with Gasteiger partial charge in [-0.2, -0.15) is 0 Å². The number of carbonyl (C=O) groups excluding carboxylic acids is 3. The molecule has 0 bridgehead atoms. The summed E-state index contributed by atoms with van der Waals surface area (Å²) in [5, 5.41) is 10.7. The van der Waals surface area contributed by atoms with Gasteiger partial charge in [-0.25, -0.2) is 4.79 Å². The van der Waals surface area contributed by atoms with Gasteiger partial charge in [0.1, 0.15) is 13.1 Å². The average Bonchev–Trinajstić information content (AvgIpc) is 2.31. The van der Waals surface area contributed by atoms with Crippen molar-refractivity contribution in [3.63, 3.8) is 0 Å². The summed E-state index contributed by atoms with van der Waals surface area (Å²) in [5.74, 6) is -1.94. The molecule has 4 amide bonds. The number of carbonyl (C=O) groups is 4. The van der Waals surface area contributed by atoms with E-state index in [0.29, 0.717) is 6.42 Å². The summed E-state index contributed by atoms with van der Waals surface area (Å²) in [7, 11) is 0. The molecule has 0 aliphatic carbocycles. The van der Waals surface area contributed by atoms with Gasteiger partial charge in [0.2, 0.25) is 11.8 Å². The van der Waals surface area contributed by atoms with Crippen molar-refractivity contribution in [2.45, 2.75) is 32.7 Å². The molecule has 1 heterocycles. The van der Waals surface area contributed by atoms with Crippen molar-refractivity contribution >= 4 is 23.8 Å². The van der Waals surface area contributed by atoms with Gasteiger partial charge in [0, 0.05) is 19.0 Å². The average molecular weight is 285 g/mol. The molecular weight excluding hydrogens is 266 g/mol. The first-order valence-corrected chi connectivity index (χ1v) is 6.41. The summed E-state index contributed by atoms with van der Waals surface area (Å²) in [5.41, 5.74) is 0. The third-order valence-electron chi connectivity index (χ3n) is 2.88. The van der Waals surface area contributed by atoms with Crippen molar-refractivity contribution in [2.24, 2.45) is 0 Å². The molecule has 112 valence electrons. The molecule has 2 N–H and O–H groups in total. The maximum absolute atomic E-state index is 12.3. The summed E-state index contributed by atoms with van der Waals surface area (Å²) in [6.45, 7) is 3.55. The van der Waals surface area contributed by atoms with Crippen LogP contribution in [0.4, 0.5) is 4.79 Å². The van der Waals surface area contributed by atoms with Crippen molar-refractivity contribution in [3.8, 4) is 0 Å². The molecule has 0 saturated carbocycles. The van der Waals surface area contributed by atoms with Crippen molar-refractivity contribution in [3.05, 3.63) is 0 Å². The fourth-order valence-corrected chi connectivity index (χ4v) is 1.93. The number of hydrogen-bond donors (Lipinski definition) is 2. The first kappa shape index (κ1) is 15.9. The van der Waals surface area contributed by atoms with E-state index in [1.807, 2.05) is 0 Å². The molecular formula is C12H19N3O5. The lowest BCUT2D eigenvalue weighted by atomic mass is 10.2. The van der Waals surface area contributed by atoms with E-state index in [1.165, 1.54) is 9.80 Å². The molecule has 0 spiro atoms. The number of piperazine rings is 1. The molecule has 1 aliphatic heterocycles. The molecule has 0 aromatic rings. The summed E-state index contributed by atoms with van der Waals surface area (Å²) >= 11 is 0. The molecule has 0 radical (unpaired) electrons. The van der Waals surface area contributed by atoms with Crippen LogP contribution in [0.3, 0.4) is 0 Å². The molecule has 8 nitrogen and oxygen atoms in total. The Morgan fingerprint density at radius 3 is 2.30 bits per heavy atom. The lowest BCUT2D eigenvalue weighted by Gasteiger charge is -2.34. The minimum Gasteiger partial charge on any atom is -0.481 e. The van der Waals surface area contributed by atoms with E-state index in [2.05, 4.69) is 5.32 Å². The molecule has 8 heteroatoms. The van der Waals surface area contributed by atoms with Gasteiger partial charge in [0.25, 0.3) is 0 Å². The Kier molecular flexibility index (Phi) is 5.48. The molecule has 0 unspecified atom stereocenters. The zero-order valence-electron chi connectivity index (χ0n) is 11.6. The van der Waals surface area contributed by atoms with E-state index in [4.69, 9.17) is 5.11 Å². The van der Waals surface area contributed by atoms with E-state index in [1.54, 1.807) is 13.8 Å². The predicted octanol–water partition coefficient (Wildman–Crippen LogP) is -0.360. The highest BCUT2D eigenvalue weighted by Gasteiger charge is 2.30. The van der Waals surface area contributed by atoms with E-state index >= 15 is 0 Å². The summed E-state index contributed by atoms with van der Waals surface area (Å²) in [6.07, 6.45) is 0.295. The standard InChI is InChI=1S/C12H19N3O5/c1-8(2)15(5-3-4-11(18)19)12(20)14-6-9(16)13-10(17)7-14/h8H,3-7H2,1-2H3,(H,18,19)(H,13,16,17). The van der Waals surface area contributed by atoms with Crippen LogP contribution in [0.1, 0.15) is 26.7 Å². The van der Waals surface area contributed by atoms with Gasteiger partial charge >= 0.3 is 12.0 Å². The van der Waals surface area contributed by atoms with Crippen LogP contribution in [0, 0.1) is 0 Å². The Bertz CT molecular complexity index is 405. The molecule has 0 aromatic heterocycles. The van der Waals surface area contributed by atoms with Crippen molar-refractivity contribution in [1.82, 2.24) is 15.1 Å². The van der Waals surface area contributed by atoms with Crippen molar-refractivity contribution < 1.29 is 24.3 Å². The van der Waals surface area contributed by atoms with Gasteiger partial charge in [-0.05, 0) is 20.3 Å². The van der Waals surface area contributed by atoms with Crippen LogP contribution >= 0.6 is 0 Å². The Hall–Kier alpha value is -2.12. The van der Waals surface area contributed by atoms with Crippen LogP contribution in [-0.2, 0) is 14.4 Å². The molecule has 20 heavy (non-hydrogen) atoms. The molecule has 1 saturated heterocycles. The Labute approximate surface area is 116 Å². The lowest BCUT2D eigenvalue weighted by molar-refractivity contribution is -0.137. The Morgan fingerprint density at radius 1 is 1.30 bits per heavy atom. The Morgan fingerprint density at radius 2 is 1.85 bits per heavy atom. The van der Waals surface area contributed by atoms with Gasteiger partial charge in [0.15, 0.2) is 0 Å². The summed E-state index contributed by atoms with van der Waals surface area (Å²) in [4.78, 5) is 47.9. The zero-order chi connectivity index (χ0) is 15.3. The number of rotatable bonds is 5. The van der Waals surface area contributed by atoms with Gasteiger partial charge in [-0.1, -0.05) is 0 Å². The number of urea groups is 1. The molecule has 1 aliphatic rings. The molecule has 1 rings (SSSR count). The number of carboxylic acid groups (broad SMARTS) is 1. The number of nitrogens with one attached hydrogen (secondary N) is 1. The minimum absolute atomic E-state index is 0.0318. The topological polar surface area (TPSA) is 107 Å². The SMILES string of the molecule is CC(C)N(CCCC(=O)O)C(=O)N1CC(=O)NC(=O)C1. The second kappa shape index (κ2) is 6.88. The van der Waals surface area contributed by atoms with E-state index < -0.39 is 23.8 Å². The van der Waals surface area contributed by atoms with Crippen LogP contribution in [0.2, 0.25) is 0 Å². The first-order chi connectivity index (χ1) is 9.31.